The van der Waals surface area contributed by atoms with Crippen molar-refractivity contribution < 1.29 is 9.53 Å². The van der Waals surface area contributed by atoms with Gasteiger partial charge in [0.1, 0.15) is 5.75 Å². The topological polar surface area (TPSA) is 73.2 Å². The lowest BCUT2D eigenvalue weighted by Gasteiger charge is -2.14. The summed E-state index contributed by atoms with van der Waals surface area (Å²) in [6.07, 6.45) is 4.87. The fourth-order valence-electron chi connectivity index (χ4n) is 3.27. The summed E-state index contributed by atoms with van der Waals surface area (Å²) in [5.74, 6) is 0.266. The van der Waals surface area contributed by atoms with Gasteiger partial charge in [-0.2, -0.15) is 5.10 Å². The molecule has 0 aliphatic carbocycles. The van der Waals surface area contributed by atoms with Gasteiger partial charge in [-0.25, -0.2) is 4.68 Å². The number of aromatic nitrogens is 2. The zero-order chi connectivity index (χ0) is 21.3. The highest BCUT2D eigenvalue weighted by Gasteiger charge is 2.18. The highest BCUT2D eigenvalue weighted by Crippen LogP contribution is 2.25. The van der Waals surface area contributed by atoms with E-state index in [4.69, 9.17) is 4.74 Å². The van der Waals surface area contributed by atoms with E-state index in [0.717, 1.165) is 32.1 Å². The van der Waals surface area contributed by atoms with Gasteiger partial charge in [-0.05, 0) is 31.0 Å². The van der Waals surface area contributed by atoms with Crippen LogP contribution in [0.1, 0.15) is 56.4 Å². The zero-order valence-electron chi connectivity index (χ0n) is 17.7. The van der Waals surface area contributed by atoms with Crippen molar-refractivity contribution >= 4 is 22.4 Å². The minimum Gasteiger partial charge on any atom is -0.491 e. The van der Waals surface area contributed by atoms with E-state index in [9.17, 15) is 9.59 Å². The molecular formula is C24H29N3O3. The van der Waals surface area contributed by atoms with Crippen LogP contribution in [0.25, 0.3) is 10.8 Å². The maximum atomic E-state index is 13.2. The second-order valence-electron chi connectivity index (χ2n) is 7.28. The number of carbonyl (C=O) groups is 1. The summed E-state index contributed by atoms with van der Waals surface area (Å²) >= 11 is 0. The number of ether oxygens (including phenoxy) is 1. The summed E-state index contributed by atoms with van der Waals surface area (Å²) in [6.45, 7) is 5.29. The van der Waals surface area contributed by atoms with E-state index < -0.39 is 0 Å². The number of hydrogen-bond donors (Lipinski definition) is 1. The Morgan fingerprint density at radius 2 is 1.67 bits per heavy atom. The highest BCUT2D eigenvalue weighted by atomic mass is 16.5. The summed E-state index contributed by atoms with van der Waals surface area (Å²) < 4.78 is 7.23. The molecule has 1 aromatic heterocycles. The van der Waals surface area contributed by atoms with Gasteiger partial charge in [0.05, 0.1) is 17.7 Å². The molecular weight excluding hydrogens is 378 g/mol. The van der Waals surface area contributed by atoms with Crippen molar-refractivity contribution in [3.8, 4) is 5.75 Å². The summed E-state index contributed by atoms with van der Waals surface area (Å²) in [7, 11) is 0. The van der Waals surface area contributed by atoms with Crippen LogP contribution in [0.3, 0.4) is 0 Å². The Labute approximate surface area is 176 Å². The Kier molecular flexibility index (Phi) is 7.60. The number of fused-ring (bicyclic) bond motifs is 1. The first-order chi connectivity index (χ1) is 14.7. The largest absolute Gasteiger partial charge is 0.491 e. The van der Waals surface area contributed by atoms with E-state index in [2.05, 4.69) is 24.3 Å². The number of amides is 1. The van der Waals surface area contributed by atoms with Crippen LogP contribution in [0.15, 0.2) is 53.3 Å². The van der Waals surface area contributed by atoms with Crippen LogP contribution in [-0.2, 0) is 6.54 Å². The van der Waals surface area contributed by atoms with Gasteiger partial charge in [0.2, 0.25) is 0 Å². The number of hydrogen-bond acceptors (Lipinski definition) is 4. The number of aryl methyl sites for hydroxylation is 1. The molecule has 0 saturated heterocycles. The molecule has 2 aromatic carbocycles. The van der Waals surface area contributed by atoms with Crippen LogP contribution in [0.5, 0.6) is 5.75 Å². The molecule has 1 N–H and O–H groups in total. The molecule has 30 heavy (non-hydrogen) atoms. The second-order valence-corrected chi connectivity index (χ2v) is 7.28. The van der Waals surface area contributed by atoms with Crippen molar-refractivity contribution in [2.45, 2.75) is 52.5 Å². The first kappa shape index (κ1) is 21.6. The minimum atomic E-state index is -0.359. The first-order valence-corrected chi connectivity index (χ1v) is 10.7. The molecule has 158 valence electrons. The van der Waals surface area contributed by atoms with E-state index in [-0.39, 0.29) is 17.2 Å². The van der Waals surface area contributed by atoms with E-state index in [1.54, 1.807) is 24.3 Å². The van der Waals surface area contributed by atoms with Gasteiger partial charge in [-0.3, -0.25) is 9.59 Å². The van der Waals surface area contributed by atoms with Crippen molar-refractivity contribution in [2.75, 3.05) is 11.9 Å². The Balaban J connectivity index is 1.93. The first-order valence-electron chi connectivity index (χ1n) is 10.7. The molecule has 0 spiro atoms. The van der Waals surface area contributed by atoms with Crippen LogP contribution >= 0.6 is 0 Å². The molecule has 0 bridgehead atoms. The number of anilines is 1. The smallest absolute Gasteiger partial charge is 0.276 e. The SMILES string of the molecule is CCCCCn1nc(C(=O)Nc2ccccc2OCCCC)c2ccccc2c1=O. The average molecular weight is 408 g/mol. The van der Waals surface area contributed by atoms with E-state index in [1.807, 2.05) is 24.3 Å². The van der Waals surface area contributed by atoms with Crippen LogP contribution in [-0.4, -0.2) is 22.3 Å². The second kappa shape index (κ2) is 10.6. The normalized spacial score (nSPS) is 10.9. The quantitative estimate of drug-likeness (QED) is 0.479. The van der Waals surface area contributed by atoms with Gasteiger partial charge in [0, 0.05) is 11.9 Å². The third-order valence-corrected chi connectivity index (χ3v) is 4.95. The fourth-order valence-corrected chi connectivity index (χ4v) is 3.27. The number of carbonyl (C=O) groups excluding carboxylic acids is 1. The number of nitrogens with one attached hydrogen (secondary N) is 1. The lowest BCUT2D eigenvalue weighted by molar-refractivity contribution is 0.102. The van der Waals surface area contributed by atoms with Gasteiger partial charge in [-0.15, -0.1) is 0 Å². The van der Waals surface area contributed by atoms with Gasteiger partial charge >= 0.3 is 0 Å². The van der Waals surface area contributed by atoms with Gasteiger partial charge in [0.15, 0.2) is 5.69 Å². The third-order valence-electron chi connectivity index (χ3n) is 4.95. The van der Waals surface area contributed by atoms with Gasteiger partial charge < -0.3 is 10.1 Å². The molecule has 0 aliphatic heterocycles. The predicted molar refractivity (Wildman–Crippen MR) is 120 cm³/mol. The minimum absolute atomic E-state index is 0.165. The summed E-state index contributed by atoms with van der Waals surface area (Å²) in [4.78, 5) is 26.0. The number of unbranched alkanes of at least 4 members (excludes halogenated alkanes) is 3. The number of rotatable bonds is 10. The van der Waals surface area contributed by atoms with Gasteiger partial charge in [-0.1, -0.05) is 63.4 Å². The van der Waals surface area contributed by atoms with Crippen molar-refractivity contribution in [1.29, 1.82) is 0 Å². The maximum Gasteiger partial charge on any atom is 0.276 e. The molecule has 0 fully saturated rings. The molecule has 6 nitrogen and oxygen atoms in total. The van der Waals surface area contributed by atoms with Crippen molar-refractivity contribution in [3.63, 3.8) is 0 Å². The van der Waals surface area contributed by atoms with Crippen molar-refractivity contribution in [3.05, 3.63) is 64.6 Å². The van der Waals surface area contributed by atoms with Crippen molar-refractivity contribution in [1.82, 2.24) is 9.78 Å². The molecule has 0 aliphatic rings. The highest BCUT2D eigenvalue weighted by molar-refractivity contribution is 6.11. The molecule has 3 rings (SSSR count). The van der Waals surface area contributed by atoms with E-state index >= 15 is 0 Å². The Bertz CT molecular complexity index is 1060. The standard InChI is InChI=1S/C24H29N3O3/c1-3-5-11-16-27-24(29)19-13-8-7-12-18(19)22(26-27)23(28)25-20-14-9-10-15-21(20)30-17-6-4-2/h7-10,12-15H,3-6,11,16-17H2,1-2H3,(H,25,28). The molecule has 0 unspecified atom stereocenters. The molecule has 3 aromatic rings. The molecule has 1 heterocycles. The van der Waals surface area contributed by atoms with Crippen LogP contribution in [0.2, 0.25) is 0 Å². The molecule has 6 heteroatoms. The van der Waals surface area contributed by atoms with Crippen LogP contribution in [0.4, 0.5) is 5.69 Å². The molecule has 1 amide bonds. The molecule has 0 saturated carbocycles. The molecule has 0 atom stereocenters. The average Bonchev–Trinajstić information content (AvgIpc) is 2.77. The monoisotopic (exact) mass is 407 g/mol. The Morgan fingerprint density at radius 3 is 2.43 bits per heavy atom. The van der Waals surface area contributed by atoms with Crippen LogP contribution < -0.4 is 15.6 Å². The summed E-state index contributed by atoms with van der Waals surface area (Å²) in [5, 5.41) is 8.40. The number of nitrogens with zero attached hydrogens (tertiary/aromatic N) is 2. The molecule has 0 radical (unpaired) electrons. The Morgan fingerprint density at radius 1 is 0.967 bits per heavy atom. The Hall–Kier alpha value is -3.15. The van der Waals surface area contributed by atoms with Crippen molar-refractivity contribution in [2.24, 2.45) is 0 Å². The van der Waals surface area contributed by atoms with E-state index in [1.165, 1.54) is 4.68 Å². The zero-order valence-corrected chi connectivity index (χ0v) is 17.7. The van der Waals surface area contributed by atoms with Crippen LogP contribution in [0, 0.1) is 0 Å². The number of para-hydroxylation sites is 2. The predicted octanol–water partition coefficient (Wildman–Crippen LogP) is 5.02. The summed E-state index contributed by atoms with van der Waals surface area (Å²) in [6, 6.07) is 14.5. The van der Waals surface area contributed by atoms with E-state index in [0.29, 0.717) is 35.4 Å². The third kappa shape index (κ3) is 5.06. The summed E-state index contributed by atoms with van der Waals surface area (Å²) in [5.41, 5.74) is 0.667. The number of benzene rings is 2. The fraction of sp³-hybridized carbons (Fsp3) is 0.375. The lowest BCUT2D eigenvalue weighted by Crippen LogP contribution is -2.28. The lowest BCUT2D eigenvalue weighted by atomic mass is 10.1. The maximum absolute atomic E-state index is 13.2. The van der Waals surface area contributed by atoms with Gasteiger partial charge in [0.25, 0.3) is 11.5 Å².